The van der Waals surface area contributed by atoms with Crippen LogP contribution in [-0.2, 0) is 14.9 Å². The van der Waals surface area contributed by atoms with Crippen LogP contribution in [0.1, 0.15) is 85.1 Å². The van der Waals surface area contributed by atoms with Crippen LogP contribution in [0.25, 0.3) is 0 Å². The summed E-state index contributed by atoms with van der Waals surface area (Å²) in [5, 5.41) is 0. The third-order valence-corrected chi connectivity index (χ3v) is 5.42. The lowest BCUT2D eigenvalue weighted by molar-refractivity contribution is -0.261. The number of rotatable bonds is 13. The van der Waals surface area contributed by atoms with E-state index in [-0.39, 0.29) is 5.41 Å². The molecular formula is C22H39NO2. The molecule has 25 heavy (non-hydrogen) atoms. The van der Waals surface area contributed by atoms with Crippen molar-refractivity contribution in [2.75, 3.05) is 18.9 Å². The molecule has 0 bridgehead atoms. The van der Waals surface area contributed by atoms with E-state index in [0.29, 0.717) is 13.2 Å². The van der Waals surface area contributed by atoms with Crippen LogP contribution < -0.4 is 5.73 Å². The quantitative estimate of drug-likeness (QED) is 0.267. The van der Waals surface area contributed by atoms with Crippen molar-refractivity contribution in [3.63, 3.8) is 0 Å². The summed E-state index contributed by atoms with van der Waals surface area (Å²) < 4.78 is 12.3. The molecule has 0 aromatic heterocycles. The van der Waals surface area contributed by atoms with Crippen LogP contribution in [-0.4, -0.2) is 19.0 Å². The second-order valence-corrected chi connectivity index (χ2v) is 7.28. The topological polar surface area (TPSA) is 44.5 Å². The van der Waals surface area contributed by atoms with E-state index in [0.717, 1.165) is 12.1 Å². The van der Waals surface area contributed by atoms with Crippen LogP contribution in [0.5, 0.6) is 0 Å². The summed E-state index contributed by atoms with van der Waals surface area (Å²) in [6, 6.07) is 8.21. The molecule has 1 rings (SSSR count). The smallest absolute Gasteiger partial charge is 0.174 e. The van der Waals surface area contributed by atoms with Gasteiger partial charge in [-0.15, -0.1) is 0 Å². The van der Waals surface area contributed by atoms with Crippen molar-refractivity contribution < 1.29 is 9.47 Å². The summed E-state index contributed by atoms with van der Waals surface area (Å²) in [4.78, 5) is 0. The summed E-state index contributed by atoms with van der Waals surface area (Å²) >= 11 is 0. The lowest BCUT2D eigenvalue weighted by Gasteiger charge is -2.46. The predicted molar refractivity (Wildman–Crippen MR) is 108 cm³/mol. The lowest BCUT2D eigenvalue weighted by atomic mass is 9.71. The second-order valence-electron chi connectivity index (χ2n) is 7.28. The van der Waals surface area contributed by atoms with E-state index in [1.807, 2.05) is 26.0 Å². The first-order valence-electron chi connectivity index (χ1n) is 10.1. The zero-order valence-corrected chi connectivity index (χ0v) is 17.1. The average molecular weight is 350 g/mol. The average Bonchev–Trinajstić information content (AvgIpc) is 2.58. The fourth-order valence-corrected chi connectivity index (χ4v) is 3.65. The molecule has 1 aromatic rings. The second kappa shape index (κ2) is 10.8. The molecule has 3 nitrogen and oxygen atoms in total. The molecule has 1 aromatic carbocycles. The lowest BCUT2D eigenvalue weighted by Crippen LogP contribution is -2.51. The van der Waals surface area contributed by atoms with Gasteiger partial charge in [-0.2, -0.15) is 0 Å². The van der Waals surface area contributed by atoms with Crippen LogP contribution in [0.3, 0.4) is 0 Å². The zero-order valence-electron chi connectivity index (χ0n) is 17.1. The fraction of sp³-hybridized carbons (Fsp3) is 0.727. The van der Waals surface area contributed by atoms with Gasteiger partial charge in [0.1, 0.15) is 0 Å². The Hall–Kier alpha value is -1.06. The van der Waals surface area contributed by atoms with Gasteiger partial charge in [-0.3, -0.25) is 0 Å². The van der Waals surface area contributed by atoms with Crippen molar-refractivity contribution in [3.05, 3.63) is 29.8 Å². The largest absolute Gasteiger partial charge is 0.399 e. The van der Waals surface area contributed by atoms with Gasteiger partial charge >= 0.3 is 0 Å². The summed E-state index contributed by atoms with van der Waals surface area (Å²) in [5.74, 6) is -0.643. The highest BCUT2D eigenvalue weighted by Gasteiger charge is 2.47. The minimum atomic E-state index is -0.643. The van der Waals surface area contributed by atoms with Gasteiger partial charge in [-0.25, -0.2) is 0 Å². The Morgan fingerprint density at radius 3 is 1.84 bits per heavy atom. The van der Waals surface area contributed by atoms with E-state index in [2.05, 4.69) is 32.9 Å². The van der Waals surface area contributed by atoms with Crippen molar-refractivity contribution >= 4 is 5.69 Å². The summed E-state index contributed by atoms with van der Waals surface area (Å²) in [7, 11) is 0. The molecule has 0 aliphatic rings. The third kappa shape index (κ3) is 6.00. The number of hydrogen-bond acceptors (Lipinski definition) is 3. The number of unbranched alkanes of at least 4 members (excludes halogenated alkanes) is 5. The highest BCUT2D eigenvalue weighted by molar-refractivity contribution is 5.42. The summed E-state index contributed by atoms with van der Waals surface area (Å²) in [6.45, 7) is 12.0. The number of ether oxygens (including phenoxy) is 2. The summed E-state index contributed by atoms with van der Waals surface area (Å²) in [5.41, 5.74) is 7.72. The van der Waals surface area contributed by atoms with E-state index >= 15 is 0 Å². The Balaban J connectivity index is 2.97. The predicted octanol–water partition coefficient (Wildman–Crippen LogP) is 6.07. The minimum absolute atomic E-state index is 0.211. The molecule has 0 aliphatic heterocycles. The maximum Gasteiger partial charge on any atom is 0.174 e. The van der Waals surface area contributed by atoms with Crippen LogP contribution in [0.4, 0.5) is 5.69 Å². The maximum atomic E-state index is 6.16. The van der Waals surface area contributed by atoms with Crippen molar-refractivity contribution in [1.29, 1.82) is 0 Å². The first-order chi connectivity index (χ1) is 11.9. The Bertz CT molecular complexity index is 465. The first kappa shape index (κ1) is 22.0. The molecule has 0 radical (unpaired) electrons. The molecule has 0 aliphatic carbocycles. The molecular weight excluding hydrogens is 310 g/mol. The van der Waals surface area contributed by atoms with Crippen molar-refractivity contribution in [3.8, 4) is 0 Å². The van der Waals surface area contributed by atoms with Gasteiger partial charge in [0.2, 0.25) is 0 Å². The molecule has 0 saturated heterocycles. The zero-order chi connectivity index (χ0) is 18.8. The Labute approximate surface area is 155 Å². The molecule has 0 saturated carbocycles. The monoisotopic (exact) mass is 349 g/mol. The molecule has 3 heteroatoms. The van der Waals surface area contributed by atoms with E-state index in [1.54, 1.807) is 0 Å². The van der Waals surface area contributed by atoms with E-state index in [4.69, 9.17) is 15.2 Å². The normalized spacial score (nSPS) is 14.4. The van der Waals surface area contributed by atoms with Gasteiger partial charge in [0, 0.05) is 24.3 Å². The van der Waals surface area contributed by atoms with Crippen LogP contribution in [0.2, 0.25) is 0 Å². The van der Waals surface area contributed by atoms with Gasteiger partial charge < -0.3 is 15.2 Å². The van der Waals surface area contributed by atoms with Crippen molar-refractivity contribution in [2.24, 2.45) is 0 Å². The highest BCUT2D eigenvalue weighted by Crippen LogP contribution is 2.43. The molecule has 2 N–H and O–H groups in total. The van der Waals surface area contributed by atoms with Crippen LogP contribution >= 0.6 is 0 Å². The van der Waals surface area contributed by atoms with Gasteiger partial charge in [-0.05, 0) is 44.9 Å². The summed E-state index contributed by atoms with van der Waals surface area (Å²) in [6.07, 6.45) is 8.76. The molecule has 0 spiro atoms. The Morgan fingerprint density at radius 1 is 0.800 bits per heavy atom. The molecule has 1 unspecified atom stereocenters. The van der Waals surface area contributed by atoms with Gasteiger partial charge in [-0.1, -0.05) is 64.5 Å². The molecule has 144 valence electrons. The SMILES string of the molecule is CCCCCCCCC(C)(c1ccc(N)cc1)C(C)(OCC)OCC. The maximum absolute atomic E-state index is 6.16. The van der Waals surface area contributed by atoms with Gasteiger partial charge in [0.25, 0.3) is 0 Å². The Morgan fingerprint density at radius 2 is 1.32 bits per heavy atom. The molecule has 0 heterocycles. The third-order valence-electron chi connectivity index (χ3n) is 5.42. The molecule has 0 amide bonds. The first-order valence-corrected chi connectivity index (χ1v) is 10.1. The van der Waals surface area contributed by atoms with Crippen LogP contribution in [0, 0.1) is 0 Å². The van der Waals surface area contributed by atoms with Crippen molar-refractivity contribution in [2.45, 2.75) is 90.8 Å². The van der Waals surface area contributed by atoms with E-state index in [1.165, 1.54) is 44.1 Å². The number of hydrogen-bond donors (Lipinski definition) is 1. The Kier molecular flexibility index (Phi) is 9.52. The number of anilines is 1. The number of benzene rings is 1. The minimum Gasteiger partial charge on any atom is -0.399 e. The highest BCUT2D eigenvalue weighted by atomic mass is 16.7. The van der Waals surface area contributed by atoms with E-state index in [9.17, 15) is 0 Å². The van der Waals surface area contributed by atoms with Gasteiger partial charge in [0.15, 0.2) is 5.79 Å². The van der Waals surface area contributed by atoms with Crippen molar-refractivity contribution in [1.82, 2.24) is 0 Å². The molecule has 1 atom stereocenters. The van der Waals surface area contributed by atoms with Crippen LogP contribution in [0.15, 0.2) is 24.3 Å². The number of nitrogen functional groups attached to an aromatic ring is 1. The molecule has 0 fully saturated rings. The standard InChI is InChI=1S/C22H39NO2/c1-6-9-10-11-12-13-18-21(4,19-14-16-20(23)17-15-19)22(5,24-7-2)25-8-3/h14-17H,6-13,18,23H2,1-5H3. The fourth-order valence-electron chi connectivity index (χ4n) is 3.65. The number of nitrogens with two attached hydrogens (primary N) is 1. The van der Waals surface area contributed by atoms with E-state index < -0.39 is 5.79 Å². The van der Waals surface area contributed by atoms with Gasteiger partial charge in [0.05, 0.1) is 0 Å².